The molecule has 50 heavy (non-hydrogen) atoms. The van der Waals surface area contributed by atoms with Crippen LogP contribution in [0.5, 0.6) is 17.2 Å². The number of halogens is 2. The highest BCUT2D eigenvalue weighted by Gasteiger charge is 2.67. The highest BCUT2D eigenvalue weighted by molar-refractivity contribution is 6.31. The number of allylic oxidation sites excluding steroid dienone is 3. The number of phenolic OH excluding ortho intramolecular Hbond substituents is 1. The first kappa shape index (κ1) is 33.5. The summed E-state index contributed by atoms with van der Waals surface area (Å²) >= 11 is 6.10. The van der Waals surface area contributed by atoms with Crippen molar-refractivity contribution in [1.29, 1.82) is 0 Å². The Morgan fingerprint density at radius 2 is 1.58 bits per heavy atom. The third kappa shape index (κ3) is 4.94. The van der Waals surface area contributed by atoms with Crippen molar-refractivity contribution in [3.05, 3.63) is 94.3 Å². The SMILES string of the molecule is CCc1ccc(N2C(=O)[C@H]3[C@H](CC=C4[C@H]3C[C@H]3C(=O)N(c5ccc(F)c(Cl)c5)C(=O)[C@@]3(C)[C@H]4C=Cc3cc(OC)c(O)c(OC)c3)C2=O)cc1. The molecule has 0 bridgehead atoms. The number of benzene rings is 3. The average molecular weight is 699 g/mol. The minimum absolute atomic E-state index is 0.154. The minimum atomic E-state index is -1.30. The van der Waals surface area contributed by atoms with E-state index in [0.29, 0.717) is 17.7 Å². The van der Waals surface area contributed by atoms with Crippen LogP contribution < -0.4 is 19.3 Å². The molecule has 0 spiro atoms. The van der Waals surface area contributed by atoms with Gasteiger partial charge in [0.05, 0.1) is 53.8 Å². The molecule has 9 nitrogen and oxygen atoms in total. The summed E-state index contributed by atoms with van der Waals surface area (Å²) in [7, 11) is 2.84. The number of phenols is 1. The molecule has 0 unspecified atom stereocenters. The van der Waals surface area contributed by atoms with Crippen molar-refractivity contribution < 1.29 is 38.1 Å². The van der Waals surface area contributed by atoms with Gasteiger partial charge in [0.15, 0.2) is 11.5 Å². The number of ether oxygens (including phenoxy) is 2. The number of methoxy groups -OCH3 is 2. The number of amides is 4. The molecule has 7 rings (SSSR count). The lowest BCUT2D eigenvalue weighted by molar-refractivity contribution is -0.132. The minimum Gasteiger partial charge on any atom is -0.502 e. The highest BCUT2D eigenvalue weighted by Crippen LogP contribution is 2.61. The monoisotopic (exact) mass is 698 g/mol. The van der Waals surface area contributed by atoms with Gasteiger partial charge >= 0.3 is 0 Å². The van der Waals surface area contributed by atoms with Gasteiger partial charge in [-0.3, -0.25) is 24.1 Å². The topological polar surface area (TPSA) is 113 Å². The number of carbonyl (C=O) groups is 4. The van der Waals surface area contributed by atoms with E-state index in [1.807, 2.05) is 31.2 Å². The summed E-state index contributed by atoms with van der Waals surface area (Å²) in [6.45, 7) is 3.78. The van der Waals surface area contributed by atoms with E-state index < -0.39 is 52.6 Å². The number of aromatic hydroxyl groups is 1. The van der Waals surface area contributed by atoms with Crippen LogP contribution in [0.15, 0.2) is 72.3 Å². The van der Waals surface area contributed by atoms with Gasteiger partial charge in [0.2, 0.25) is 29.4 Å². The zero-order chi connectivity index (χ0) is 35.6. The Hall–Kier alpha value is -4.96. The summed E-state index contributed by atoms with van der Waals surface area (Å²) in [5.74, 6) is -5.40. The maximum atomic E-state index is 14.5. The van der Waals surface area contributed by atoms with Crippen molar-refractivity contribution in [1.82, 2.24) is 0 Å². The van der Waals surface area contributed by atoms with Gasteiger partial charge in [-0.1, -0.05) is 54.5 Å². The number of carbonyl (C=O) groups excluding carboxylic acids is 4. The quantitative estimate of drug-likeness (QED) is 0.215. The van der Waals surface area contributed by atoms with Gasteiger partial charge in [-0.15, -0.1) is 0 Å². The highest BCUT2D eigenvalue weighted by atomic mass is 35.5. The van der Waals surface area contributed by atoms with Crippen molar-refractivity contribution in [2.24, 2.45) is 35.0 Å². The smallest absolute Gasteiger partial charge is 0.241 e. The average Bonchev–Trinajstić information content (AvgIpc) is 3.48. The Morgan fingerprint density at radius 3 is 2.20 bits per heavy atom. The fraction of sp³-hybridized carbons (Fsp3) is 0.333. The normalized spacial score (nSPS) is 27.4. The number of hydrogen-bond donors (Lipinski definition) is 1. The number of fused-ring (bicyclic) bond motifs is 4. The molecule has 11 heteroatoms. The number of anilines is 2. The molecule has 3 aromatic rings. The molecule has 6 atom stereocenters. The van der Waals surface area contributed by atoms with Crippen LogP contribution in [0.2, 0.25) is 5.02 Å². The first-order valence-electron chi connectivity index (χ1n) is 16.6. The molecular formula is C39H36ClFN2O7. The van der Waals surface area contributed by atoms with Gasteiger partial charge in [-0.2, -0.15) is 0 Å². The fourth-order valence-corrected chi connectivity index (χ4v) is 8.62. The zero-order valence-electron chi connectivity index (χ0n) is 28.0. The Balaban J connectivity index is 1.33. The second-order valence-electron chi connectivity index (χ2n) is 13.5. The van der Waals surface area contributed by atoms with Crippen molar-refractivity contribution in [3.63, 3.8) is 0 Å². The van der Waals surface area contributed by atoms with Crippen LogP contribution in [-0.2, 0) is 25.6 Å². The lowest BCUT2D eigenvalue weighted by Crippen LogP contribution is -2.49. The van der Waals surface area contributed by atoms with Gasteiger partial charge in [0.1, 0.15) is 5.82 Å². The van der Waals surface area contributed by atoms with Gasteiger partial charge in [-0.05, 0) is 85.7 Å². The van der Waals surface area contributed by atoms with Crippen LogP contribution in [0.25, 0.3) is 6.08 Å². The summed E-state index contributed by atoms with van der Waals surface area (Å²) < 4.78 is 24.8. The predicted molar refractivity (Wildman–Crippen MR) is 185 cm³/mol. The van der Waals surface area contributed by atoms with Crippen LogP contribution in [-0.4, -0.2) is 43.0 Å². The van der Waals surface area contributed by atoms with E-state index in [2.05, 4.69) is 0 Å². The van der Waals surface area contributed by atoms with Gasteiger partial charge < -0.3 is 14.6 Å². The maximum absolute atomic E-state index is 14.5. The van der Waals surface area contributed by atoms with Crippen molar-refractivity contribution in [3.8, 4) is 17.2 Å². The summed E-state index contributed by atoms with van der Waals surface area (Å²) in [4.78, 5) is 59.4. The summed E-state index contributed by atoms with van der Waals surface area (Å²) in [5.41, 5.74) is 1.85. The lowest BCUT2D eigenvalue weighted by Gasteiger charge is -2.47. The molecule has 2 saturated heterocycles. The zero-order valence-corrected chi connectivity index (χ0v) is 28.7. The molecule has 1 N–H and O–H groups in total. The van der Waals surface area contributed by atoms with Gasteiger partial charge in [-0.25, -0.2) is 9.29 Å². The lowest BCUT2D eigenvalue weighted by atomic mass is 9.52. The molecule has 4 aliphatic rings. The number of aryl methyl sites for hydroxylation is 1. The van der Waals surface area contributed by atoms with Crippen LogP contribution in [0.4, 0.5) is 15.8 Å². The molecular weight excluding hydrogens is 663 g/mol. The molecule has 0 aromatic heterocycles. The standard InChI is InChI=1S/C39H36ClFN2O7/c1-5-20-6-9-22(10-7-20)42-35(45)25-13-12-24-26(33(25)37(42)47)19-28-36(46)43(23-11-15-30(41)29(40)18-23)38(48)39(28,2)27(24)14-8-21-16-31(49-3)34(44)32(17-21)50-4/h6-12,14-18,25-28,33,44H,5,13,19H2,1-4H3/t25-,26+,27-,28-,33-,39-/m0/s1. The Kier molecular flexibility index (Phi) is 8.33. The van der Waals surface area contributed by atoms with E-state index in [0.717, 1.165) is 28.5 Å². The molecule has 2 aliphatic heterocycles. The predicted octanol–water partition coefficient (Wildman–Crippen LogP) is 6.75. The van der Waals surface area contributed by atoms with Gasteiger partial charge in [0.25, 0.3) is 0 Å². The summed E-state index contributed by atoms with van der Waals surface area (Å²) in [5, 5.41) is 10.3. The number of hydrogen-bond acceptors (Lipinski definition) is 7. The summed E-state index contributed by atoms with van der Waals surface area (Å²) in [6.07, 6.45) is 6.86. The van der Waals surface area contributed by atoms with Crippen LogP contribution in [0.3, 0.4) is 0 Å². The first-order valence-corrected chi connectivity index (χ1v) is 17.0. The Bertz CT molecular complexity index is 1980. The Morgan fingerprint density at radius 1 is 0.920 bits per heavy atom. The molecule has 3 fully saturated rings. The van der Waals surface area contributed by atoms with Crippen LogP contribution >= 0.6 is 11.6 Å². The van der Waals surface area contributed by atoms with Crippen molar-refractivity contribution >= 4 is 52.7 Å². The third-order valence-corrected chi connectivity index (χ3v) is 11.4. The van der Waals surface area contributed by atoms with Crippen LogP contribution in [0.1, 0.15) is 37.8 Å². The van der Waals surface area contributed by atoms with Crippen LogP contribution in [0, 0.1) is 40.8 Å². The van der Waals surface area contributed by atoms with Gasteiger partial charge in [0, 0.05) is 5.92 Å². The van der Waals surface area contributed by atoms with E-state index in [-0.39, 0.29) is 46.2 Å². The van der Waals surface area contributed by atoms with Crippen molar-refractivity contribution in [2.75, 3.05) is 24.0 Å². The molecule has 4 amide bonds. The molecule has 3 aromatic carbocycles. The van der Waals surface area contributed by atoms with Crippen molar-refractivity contribution in [2.45, 2.75) is 33.1 Å². The first-order chi connectivity index (χ1) is 23.9. The molecule has 1 saturated carbocycles. The number of rotatable bonds is 7. The molecule has 258 valence electrons. The van der Waals surface area contributed by atoms with E-state index in [4.69, 9.17) is 21.1 Å². The largest absolute Gasteiger partial charge is 0.502 e. The number of nitrogens with zero attached hydrogens (tertiary/aromatic N) is 2. The second-order valence-corrected chi connectivity index (χ2v) is 13.9. The molecule has 2 aliphatic carbocycles. The molecule has 2 heterocycles. The summed E-state index contributed by atoms with van der Waals surface area (Å²) in [6, 6.07) is 14.3. The van der Waals surface area contributed by atoms with E-state index in [1.165, 1.54) is 31.3 Å². The Labute approximate surface area is 293 Å². The third-order valence-electron chi connectivity index (χ3n) is 11.1. The van der Waals surface area contributed by atoms with E-state index >= 15 is 0 Å². The maximum Gasteiger partial charge on any atom is 0.241 e. The number of imide groups is 2. The second kappa shape index (κ2) is 12.4. The fourth-order valence-electron chi connectivity index (χ4n) is 8.44. The van der Waals surface area contributed by atoms with E-state index in [1.54, 1.807) is 37.3 Å². The van der Waals surface area contributed by atoms with E-state index in [9.17, 15) is 28.7 Å². The molecule has 0 radical (unpaired) electrons.